The van der Waals surface area contributed by atoms with Gasteiger partial charge in [0.25, 0.3) is 0 Å². The highest BCUT2D eigenvalue weighted by Gasteiger charge is 2.37. The fourth-order valence-corrected chi connectivity index (χ4v) is 15.4. The van der Waals surface area contributed by atoms with E-state index < -0.39 is 0 Å². The lowest BCUT2D eigenvalue weighted by Crippen LogP contribution is -2.18. The Morgan fingerprint density at radius 2 is 0.489 bits per heavy atom. The standard InChI is InChI=1S/C85H53N7/c86-54-55-26-25-27-56(52-55)80-81(88-70-41-16-7-32-60(70)61-33-8-17-42-71(61)88)83(90-74-45-20-11-36-64(74)65-37-12-21-46-75(65)90)85(92-78-49-24-15-40-68(78)69-53-59(50-51-79(69)92)87(57-28-3-1-4-29-57)58-30-5-2-6-31-58)84(91-76-47-22-13-38-66(76)67-39-14-23-48-77(67)91)82(80)89-72-43-18-9-34-62(72)63-35-10-19-44-73(63)89/h1-53H. The van der Waals surface area contributed by atoms with Gasteiger partial charge in [-0.1, -0.05) is 212 Å². The Bertz CT molecular complexity index is 5780. The van der Waals surface area contributed by atoms with Crippen molar-refractivity contribution in [2.75, 3.05) is 4.90 Å². The molecule has 0 saturated carbocycles. The SMILES string of the molecule is N#Cc1cccc(-c2c(-n3c4ccccc4c4ccccc43)c(-n3c4ccccc4c4ccccc43)c(-n3c4ccccc4c4cc(N(c5ccccc5)c5ccccc5)ccc43)c(-n3c4ccccc4c4ccccc43)c2-n2c3ccccc3c3ccccc32)c1. The lowest BCUT2D eigenvalue weighted by Gasteiger charge is -2.32. The Kier molecular flexibility index (Phi) is 11.3. The summed E-state index contributed by atoms with van der Waals surface area (Å²) >= 11 is 0. The van der Waals surface area contributed by atoms with Crippen LogP contribution in [0.2, 0.25) is 0 Å². The Morgan fingerprint density at radius 1 is 0.217 bits per heavy atom. The van der Waals surface area contributed by atoms with E-state index in [1.165, 1.54) is 0 Å². The minimum Gasteiger partial charge on any atom is -0.310 e. The highest BCUT2D eigenvalue weighted by atomic mass is 15.2. The number of rotatable bonds is 9. The fraction of sp³-hybridized carbons (Fsp3) is 0. The summed E-state index contributed by atoms with van der Waals surface area (Å²) in [5, 5.41) is 22.5. The number of hydrogen-bond donors (Lipinski definition) is 0. The van der Waals surface area contributed by atoms with Gasteiger partial charge in [0.15, 0.2) is 0 Å². The van der Waals surface area contributed by atoms with Crippen molar-refractivity contribution < 1.29 is 0 Å². The summed E-state index contributed by atoms with van der Waals surface area (Å²) in [5.74, 6) is 0. The van der Waals surface area contributed by atoms with Crippen LogP contribution in [0.25, 0.3) is 149 Å². The molecule has 19 aromatic rings. The fourth-order valence-electron chi connectivity index (χ4n) is 15.4. The van der Waals surface area contributed by atoms with Crippen LogP contribution in [0.15, 0.2) is 322 Å². The Balaban J connectivity index is 1.16. The molecule has 19 rings (SSSR count). The van der Waals surface area contributed by atoms with Crippen LogP contribution in [0, 0.1) is 11.3 Å². The first kappa shape index (κ1) is 51.4. The predicted octanol–water partition coefficient (Wildman–Crippen LogP) is 22.2. The van der Waals surface area contributed by atoms with E-state index >= 15 is 0 Å². The molecule has 7 nitrogen and oxygen atoms in total. The topological polar surface area (TPSA) is 51.7 Å². The summed E-state index contributed by atoms with van der Waals surface area (Å²) in [6, 6.07) is 120. The van der Waals surface area contributed by atoms with Gasteiger partial charge in [0.1, 0.15) is 0 Å². The van der Waals surface area contributed by atoms with E-state index in [-0.39, 0.29) is 0 Å². The van der Waals surface area contributed by atoms with Crippen molar-refractivity contribution in [2.45, 2.75) is 0 Å². The van der Waals surface area contributed by atoms with E-state index in [2.05, 4.69) is 349 Å². The minimum absolute atomic E-state index is 0.558. The first-order valence-corrected chi connectivity index (χ1v) is 31.3. The molecule has 0 aliphatic heterocycles. The van der Waals surface area contributed by atoms with E-state index in [0.29, 0.717) is 5.56 Å². The van der Waals surface area contributed by atoms with Gasteiger partial charge in [-0.25, -0.2) is 0 Å². The smallest absolute Gasteiger partial charge is 0.0991 e. The van der Waals surface area contributed by atoms with Crippen LogP contribution in [0.1, 0.15) is 5.56 Å². The highest BCUT2D eigenvalue weighted by Crippen LogP contribution is 2.55. The van der Waals surface area contributed by atoms with Gasteiger partial charge >= 0.3 is 0 Å². The van der Waals surface area contributed by atoms with Crippen molar-refractivity contribution in [3.8, 4) is 45.6 Å². The van der Waals surface area contributed by atoms with Gasteiger partial charge in [-0.2, -0.15) is 5.26 Å². The normalized spacial score (nSPS) is 11.9. The second kappa shape index (κ2) is 20.2. The third-order valence-corrected chi connectivity index (χ3v) is 19.0. The highest BCUT2D eigenvalue weighted by molar-refractivity contribution is 6.19. The third kappa shape index (κ3) is 7.37. The molecule has 428 valence electrons. The molecule has 0 aliphatic rings. The molecule has 0 radical (unpaired) electrons. The van der Waals surface area contributed by atoms with E-state index in [1.54, 1.807) is 0 Å². The van der Waals surface area contributed by atoms with Crippen LogP contribution in [0.5, 0.6) is 0 Å². The average molecular weight is 1170 g/mol. The zero-order chi connectivity index (χ0) is 60.5. The van der Waals surface area contributed by atoms with Crippen molar-refractivity contribution in [3.05, 3.63) is 327 Å². The van der Waals surface area contributed by atoms with E-state index in [4.69, 9.17) is 0 Å². The Hall–Kier alpha value is -12.6. The monoisotopic (exact) mass is 1170 g/mol. The molecular weight excluding hydrogens is 1120 g/mol. The summed E-state index contributed by atoms with van der Waals surface area (Å²) in [6.45, 7) is 0. The maximum atomic E-state index is 11.2. The first-order valence-electron chi connectivity index (χ1n) is 31.3. The van der Waals surface area contributed by atoms with Crippen molar-refractivity contribution in [2.24, 2.45) is 0 Å². The minimum atomic E-state index is 0.558. The zero-order valence-electron chi connectivity index (χ0n) is 49.7. The first-order chi connectivity index (χ1) is 45.7. The van der Waals surface area contributed by atoms with Gasteiger partial charge in [-0.15, -0.1) is 0 Å². The predicted molar refractivity (Wildman–Crippen MR) is 383 cm³/mol. The van der Waals surface area contributed by atoms with Crippen LogP contribution in [0.3, 0.4) is 0 Å². The number of anilines is 3. The molecule has 0 N–H and O–H groups in total. The average Bonchev–Trinajstić information content (AvgIpc) is 1.42. The van der Waals surface area contributed by atoms with Gasteiger partial charge in [0, 0.05) is 76.5 Å². The maximum absolute atomic E-state index is 11.2. The maximum Gasteiger partial charge on any atom is 0.0991 e. The van der Waals surface area contributed by atoms with Crippen molar-refractivity contribution in [3.63, 3.8) is 0 Å². The van der Waals surface area contributed by atoms with E-state index in [1.807, 2.05) is 6.07 Å². The molecule has 0 spiro atoms. The summed E-state index contributed by atoms with van der Waals surface area (Å²) in [4.78, 5) is 2.36. The molecule has 7 heteroatoms. The van der Waals surface area contributed by atoms with E-state index in [0.717, 1.165) is 166 Å². The molecule has 92 heavy (non-hydrogen) atoms. The number of nitrogens with zero attached hydrogens (tertiary/aromatic N) is 7. The lowest BCUT2D eigenvalue weighted by molar-refractivity contribution is 1.00. The molecule has 14 aromatic carbocycles. The quantitative estimate of drug-likeness (QED) is 0.145. The molecule has 0 bridgehead atoms. The summed E-state index contributed by atoms with van der Waals surface area (Å²) < 4.78 is 12.9. The largest absolute Gasteiger partial charge is 0.310 e. The van der Waals surface area contributed by atoms with Gasteiger partial charge in [-0.05, 0) is 115 Å². The van der Waals surface area contributed by atoms with E-state index in [9.17, 15) is 5.26 Å². The summed E-state index contributed by atoms with van der Waals surface area (Å²) in [7, 11) is 0. The number of aromatic nitrogens is 5. The van der Waals surface area contributed by atoms with Crippen LogP contribution in [0.4, 0.5) is 17.1 Å². The Labute approximate surface area is 528 Å². The van der Waals surface area contributed by atoms with Crippen LogP contribution in [-0.2, 0) is 0 Å². The lowest BCUT2D eigenvalue weighted by atomic mass is 9.94. The number of nitriles is 1. The van der Waals surface area contributed by atoms with Crippen LogP contribution < -0.4 is 4.90 Å². The third-order valence-electron chi connectivity index (χ3n) is 19.0. The molecule has 0 amide bonds. The Morgan fingerprint density at radius 3 is 0.815 bits per heavy atom. The second-order valence-electron chi connectivity index (χ2n) is 23.8. The molecule has 0 unspecified atom stereocenters. The second-order valence-corrected chi connectivity index (χ2v) is 23.8. The zero-order valence-corrected chi connectivity index (χ0v) is 49.7. The van der Waals surface area contributed by atoms with Crippen molar-refractivity contribution in [1.29, 1.82) is 5.26 Å². The molecular formula is C85H53N7. The summed E-state index contributed by atoms with van der Waals surface area (Å²) in [6.07, 6.45) is 0. The van der Waals surface area contributed by atoms with Crippen LogP contribution >= 0.6 is 0 Å². The molecule has 5 aromatic heterocycles. The van der Waals surface area contributed by atoms with Crippen molar-refractivity contribution in [1.82, 2.24) is 22.8 Å². The molecule has 0 aliphatic carbocycles. The number of para-hydroxylation sites is 11. The van der Waals surface area contributed by atoms with Gasteiger partial charge in [0.05, 0.1) is 95.2 Å². The van der Waals surface area contributed by atoms with Crippen LogP contribution in [-0.4, -0.2) is 22.8 Å². The van der Waals surface area contributed by atoms with Gasteiger partial charge < -0.3 is 27.7 Å². The van der Waals surface area contributed by atoms with Crippen molar-refractivity contribution >= 4 is 126 Å². The molecule has 0 atom stereocenters. The van der Waals surface area contributed by atoms with Gasteiger partial charge in [0.2, 0.25) is 0 Å². The molecule has 0 saturated heterocycles. The molecule has 5 heterocycles. The van der Waals surface area contributed by atoms with Gasteiger partial charge in [-0.3, -0.25) is 0 Å². The molecule has 0 fully saturated rings. The number of fused-ring (bicyclic) bond motifs is 15. The number of benzene rings is 14. The summed E-state index contributed by atoms with van der Waals surface area (Å²) in [5.41, 5.74) is 20.8. The number of hydrogen-bond acceptors (Lipinski definition) is 2.